The summed E-state index contributed by atoms with van der Waals surface area (Å²) in [6.07, 6.45) is 3.55. The Labute approximate surface area is 136 Å². The maximum absolute atomic E-state index is 12.3. The average molecular weight is 324 g/mol. The molecule has 0 aromatic carbocycles. The van der Waals surface area contributed by atoms with Crippen LogP contribution < -0.4 is 4.90 Å². The van der Waals surface area contributed by atoms with Crippen LogP contribution in [0, 0.1) is 0 Å². The molecule has 2 saturated heterocycles. The van der Waals surface area contributed by atoms with Crippen molar-refractivity contribution in [1.29, 1.82) is 0 Å². The summed E-state index contributed by atoms with van der Waals surface area (Å²) < 4.78 is 5.52. The molecule has 0 radical (unpaired) electrons. The Morgan fingerprint density at radius 2 is 2.14 bits per heavy atom. The molecule has 1 amide bonds. The Balaban J connectivity index is 1.71. The van der Waals surface area contributed by atoms with E-state index in [0.29, 0.717) is 11.2 Å². The highest BCUT2D eigenvalue weighted by Crippen LogP contribution is 2.34. The summed E-state index contributed by atoms with van der Waals surface area (Å²) in [6.45, 7) is 7.28. The quantitative estimate of drug-likeness (QED) is 0.744. The number of amides is 1. The zero-order valence-corrected chi connectivity index (χ0v) is 14.0. The van der Waals surface area contributed by atoms with Gasteiger partial charge in [0.25, 0.3) is 0 Å². The van der Waals surface area contributed by atoms with Crippen molar-refractivity contribution in [2.45, 2.75) is 51.3 Å². The number of aromatic nitrogens is 1. The lowest BCUT2D eigenvalue weighted by Gasteiger charge is -2.34. The van der Waals surface area contributed by atoms with Gasteiger partial charge in [0, 0.05) is 19.1 Å². The van der Waals surface area contributed by atoms with Crippen molar-refractivity contribution < 1.29 is 9.53 Å². The van der Waals surface area contributed by atoms with Crippen LogP contribution >= 0.6 is 11.6 Å². The number of carbonyl (C=O) groups is 1. The van der Waals surface area contributed by atoms with Crippen LogP contribution in [0.4, 0.5) is 10.5 Å². The molecule has 1 aromatic rings. The SMILES string of the molecule is CC(C)(C)OC(=O)N1CCC2CC1CN2c1ccc(Cl)nc1. The van der Waals surface area contributed by atoms with Crippen LogP contribution in [0.1, 0.15) is 33.6 Å². The summed E-state index contributed by atoms with van der Waals surface area (Å²) in [5, 5.41) is 0.501. The number of halogens is 1. The van der Waals surface area contributed by atoms with Gasteiger partial charge < -0.3 is 14.5 Å². The summed E-state index contributed by atoms with van der Waals surface area (Å²) in [5.74, 6) is 0. The molecule has 2 fully saturated rings. The van der Waals surface area contributed by atoms with Gasteiger partial charge in [0.15, 0.2) is 0 Å². The molecular weight excluding hydrogens is 302 g/mol. The number of hydrogen-bond donors (Lipinski definition) is 0. The van der Waals surface area contributed by atoms with Gasteiger partial charge in [-0.05, 0) is 45.7 Å². The molecule has 120 valence electrons. The molecule has 2 bridgehead atoms. The molecule has 2 atom stereocenters. The molecule has 6 heteroatoms. The topological polar surface area (TPSA) is 45.7 Å². The highest BCUT2D eigenvalue weighted by Gasteiger charge is 2.42. The Hall–Kier alpha value is -1.49. The predicted molar refractivity (Wildman–Crippen MR) is 86.3 cm³/mol. The lowest BCUT2D eigenvalue weighted by molar-refractivity contribution is 0.0142. The zero-order chi connectivity index (χ0) is 15.9. The fraction of sp³-hybridized carbons (Fsp3) is 0.625. The van der Waals surface area contributed by atoms with Crippen LogP contribution in [0.5, 0.6) is 0 Å². The maximum atomic E-state index is 12.3. The van der Waals surface area contributed by atoms with E-state index in [9.17, 15) is 4.79 Å². The lowest BCUT2D eigenvalue weighted by atomic mass is 10.0. The van der Waals surface area contributed by atoms with Crippen molar-refractivity contribution in [2.24, 2.45) is 0 Å². The molecular formula is C16H22ClN3O2. The van der Waals surface area contributed by atoms with Crippen LogP contribution in [0.25, 0.3) is 0 Å². The minimum atomic E-state index is -0.452. The monoisotopic (exact) mass is 323 g/mol. The van der Waals surface area contributed by atoms with E-state index < -0.39 is 5.60 Å². The smallest absolute Gasteiger partial charge is 0.410 e. The second-order valence-electron chi connectivity index (χ2n) is 7.00. The number of rotatable bonds is 1. The van der Waals surface area contributed by atoms with Crippen LogP contribution in [-0.4, -0.2) is 46.8 Å². The molecule has 0 spiro atoms. The summed E-state index contributed by atoms with van der Waals surface area (Å²) >= 11 is 5.86. The molecule has 2 aliphatic heterocycles. The normalized spacial score (nSPS) is 24.5. The number of anilines is 1. The number of fused-ring (bicyclic) bond motifs is 2. The maximum Gasteiger partial charge on any atom is 0.410 e. The first-order valence-corrected chi connectivity index (χ1v) is 8.09. The molecule has 0 saturated carbocycles. The van der Waals surface area contributed by atoms with Gasteiger partial charge in [0.05, 0.1) is 17.9 Å². The van der Waals surface area contributed by atoms with E-state index in [4.69, 9.17) is 16.3 Å². The van der Waals surface area contributed by atoms with E-state index in [1.165, 1.54) is 0 Å². The highest BCUT2D eigenvalue weighted by molar-refractivity contribution is 6.29. The molecule has 3 rings (SSSR count). The lowest BCUT2D eigenvalue weighted by Crippen LogP contribution is -2.46. The third kappa shape index (κ3) is 3.14. The van der Waals surface area contributed by atoms with Gasteiger partial charge >= 0.3 is 6.09 Å². The predicted octanol–water partition coefficient (Wildman–Crippen LogP) is 3.32. The van der Waals surface area contributed by atoms with E-state index in [-0.39, 0.29) is 12.1 Å². The van der Waals surface area contributed by atoms with Crippen molar-refractivity contribution >= 4 is 23.4 Å². The third-order valence-electron chi connectivity index (χ3n) is 4.21. The van der Waals surface area contributed by atoms with Crippen molar-refractivity contribution in [3.63, 3.8) is 0 Å². The Bertz CT molecular complexity index is 556. The molecule has 3 heterocycles. The van der Waals surface area contributed by atoms with Gasteiger partial charge in [-0.2, -0.15) is 0 Å². The number of piperidine rings is 1. The summed E-state index contributed by atoms with van der Waals surface area (Å²) in [4.78, 5) is 20.7. The number of likely N-dealkylation sites (tertiary alicyclic amines) is 1. The summed E-state index contributed by atoms with van der Waals surface area (Å²) in [6, 6.07) is 4.48. The van der Waals surface area contributed by atoms with Gasteiger partial charge in [-0.1, -0.05) is 11.6 Å². The van der Waals surface area contributed by atoms with Crippen molar-refractivity contribution in [3.8, 4) is 0 Å². The average Bonchev–Trinajstić information content (AvgIpc) is 2.75. The van der Waals surface area contributed by atoms with E-state index in [1.54, 1.807) is 6.20 Å². The number of carbonyl (C=O) groups excluding carboxylic acids is 1. The van der Waals surface area contributed by atoms with Gasteiger partial charge in [0.1, 0.15) is 10.8 Å². The highest BCUT2D eigenvalue weighted by atomic mass is 35.5. The van der Waals surface area contributed by atoms with Gasteiger partial charge in [-0.25, -0.2) is 9.78 Å². The van der Waals surface area contributed by atoms with Gasteiger partial charge in [-0.15, -0.1) is 0 Å². The molecule has 0 N–H and O–H groups in total. The second kappa shape index (κ2) is 5.61. The first-order chi connectivity index (χ1) is 10.3. The Kier molecular flexibility index (Phi) is 3.93. The van der Waals surface area contributed by atoms with Crippen molar-refractivity contribution in [2.75, 3.05) is 18.0 Å². The number of pyridine rings is 1. The molecule has 0 aliphatic carbocycles. The second-order valence-corrected chi connectivity index (χ2v) is 7.38. The van der Waals surface area contributed by atoms with Gasteiger partial charge in [0.2, 0.25) is 0 Å². The first kappa shape index (κ1) is 15.4. The van der Waals surface area contributed by atoms with E-state index >= 15 is 0 Å². The molecule has 2 unspecified atom stereocenters. The standard InChI is InChI=1S/C16H22ClN3O2/c1-16(2,3)22-15(21)19-7-6-11-8-13(19)10-20(11)12-4-5-14(17)18-9-12/h4-5,9,11,13H,6-8,10H2,1-3H3. The molecule has 1 aromatic heterocycles. The van der Waals surface area contributed by atoms with E-state index in [2.05, 4.69) is 9.88 Å². The minimum Gasteiger partial charge on any atom is -0.444 e. The number of nitrogens with zero attached hydrogens (tertiary/aromatic N) is 3. The fourth-order valence-electron chi connectivity index (χ4n) is 3.28. The van der Waals surface area contributed by atoms with E-state index in [0.717, 1.165) is 31.6 Å². The van der Waals surface area contributed by atoms with Crippen LogP contribution in [-0.2, 0) is 4.74 Å². The van der Waals surface area contributed by atoms with Gasteiger partial charge in [-0.3, -0.25) is 0 Å². The summed E-state index contributed by atoms with van der Waals surface area (Å²) in [7, 11) is 0. The van der Waals surface area contributed by atoms with Crippen LogP contribution in [0.2, 0.25) is 5.15 Å². The largest absolute Gasteiger partial charge is 0.444 e. The Morgan fingerprint density at radius 3 is 2.77 bits per heavy atom. The number of ether oxygens (including phenoxy) is 1. The van der Waals surface area contributed by atoms with Crippen molar-refractivity contribution in [3.05, 3.63) is 23.5 Å². The van der Waals surface area contributed by atoms with E-state index in [1.807, 2.05) is 37.8 Å². The van der Waals surface area contributed by atoms with Crippen molar-refractivity contribution in [1.82, 2.24) is 9.88 Å². The Morgan fingerprint density at radius 1 is 1.36 bits per heavy atom. The minimum absolute atomic E-state index is 0.202. The fourth-order valence-corrected chi connectivity index (χ4v) is 3.39. The third-order valence-corrected chi connectivity index (χ3v) is 4.43. The molecule has 5 nitrogen and oxygen atoms in total. The number of hydrogen-bond acceptors (Lipinski definition) is 4. The zero-order valence-electron chi connectivity index (χ0n) is 13.3. The van der Waals surface area contributed by atoms with Crippen LogP contribution in [0.15, 0.2) is 18.3 Å². The van der Waals surface area contributed by atoms with Crippen LogP contribution in [0.3, 0.4) is 0 Å². The molecule has 2 aliphatic rings. The molecule has 22 heavy (non-hydrogen) atoms. The summed E-state index contributed by atoms with van der Waals surface area (Å²) in [5.41, 5.74) is 0.620. The first-order valence-electron chi connectivity index (χ1n) is 7.71.